The second-order valence-corrected chi connectivity index (χ2v) is 3.55. The fraction of sp³-hybridized carbons (Fsp3) is 0.545. The first-order chi connectivity index (χ1) is 6.19. The van der Waals surface area contributed by atoms with Crippen molar-refractivity contribution in [2.45, 2.75) is 39.5 Å². The van der Waals surface area contributed by atoms with E-state index in [0.717, 1.165) is 30.6 Å². The molecular formula is C11H16O2. The Morgan fingerprint density at radius 2 is 2.23 bits per heavy atom. The highest BCUT2D eigenvalue weighted by Crippen LogP contribution is 2.22. The number of aldehydes is 1. The number of hydrogen-bond acceptors (Lipinski definition) is 2. The standard InChI is InChI=1S/C11H16O2/c1-4-5-10-9(7-12)6-11(13-10)8(2)3/h6-8H,4-5H2,1-3H3. The molecule has 72 valence electrons. The number of carbonyl (C=O) groups excluding carboxylic acids is 1. The molecule has 0 aliphatic carbocycles. The van der Waals surface area contributed by atoms with E-state index < -0.39 is 0 Å². The van der Waals surface area contributed by atoms with E-state index in [-0.39, 0.29) is 0 Å². The quantitative estimate of drug-likeness (QED) is 0.666. The van der Waals surface area contributed by atoms with Crippen molar-refractivity contribution in [2.24, 2.45) is 0 Å². The molecule has 2 heteroatoms. The Morgan fingerprint density at radius 1 is 1.54 bits per heavy atom. The van der Waals surface area contributed by atoms with Gasteiger partial charge < -0.3 is 4.42 Å². The van der Waals surface area contributed by atoms with Gasteiger partial charge in [-0.05, 0) is 12.5 Å². The minimum absolute atomic E-state index is 0.351. The Labute approximate surface area is 78.9 Å². The zero-order chi connectivity index (χ0) is 9.84. The summed E-state index contributed by atoms with van der Waals surface area (Å²) in [7, 11) is 0. The molecule has 0 saturated carbocycles. The van der Waals surface area contributed by atoms with Gasteiger partial charge in [0.25, 0.3) is 0 Å². The van der Waals surface area contributed by atoms with Crippen molar-refractivity contribution in [3.8, 4) is 0 Å². The van der Waals surface area contributed by atoms with Gasteiger partial charge in [-0.1, -0.05) is 20.8 Å². The molecule has 1 aromatic rings. The van der Waals surface area contributed by atoms with Crippen LogP contribution in [0.15, 0.2) is 10.5 Å². The first-order valence-corrected chi connectivity index (χ1v) is 4.76. The van der Waals surface area contributed by atoms with Crippen LogP contribution in [0.3, 0.4) is 0 Å². The maximum absolute atomic E-state index is 10.7. The van der Waals surface area contributed by atoms with E-state index in [1.54, 1.807) is 0 Å². The van der Waals surface area contributed by atoms with Gasteiger partial charge in [0.2, 0.25) is 0 Å². The summed E-state index contributed by atoms with van der Waals surface area (Å²) in [5, 5.41) is 0. The summed E-state index contributed by atoms with van der Waals surface area (Å²) in [5.41, 5.74) is 0.713. The summed E-state index contributed by atoms with van der Waals surface area (Å²) in [4.78, 5) is 10.7. The number of furan rings is 1. The lowest BCUT2D eigenvalue weighted by atomic mass is 10.1. The van der Waals surface area contributed by atoms with E-state index in [0.29, 0.717) is 11.5 Å². The van der Waals surface area contributed by atoms with Crippen molar-refractivity contribution in [1.29, 1.82) is 0 Å². The summed E-state index contributed by atoms with van der Waals surface area (Å²) in [6.07, 6.45) is 2.73. The molecule has 1 heterocycles. The highest BCUT2D eigenvalue weighted by Gasteiger charge is 2.11. The van der Waals surface area contributed by atoms with Crippen molar-refractivity contribution in [3.63, 3.8) is 0 Å². The van der Waals surface area contributed by atoms with Crippen LogP contribution in [0.5, 0.6) is 0 Å². The molecule has 0 aliphatic heterocycles. The smallest absolute Gasteiger partial charge is 0.153 e. The third-order valence-corrected chi connectivity index (χ3v) is 2.03. The van der Waals surface area contributed by atoms with Gasteiger partial charge in [0.1, 0.15) is 11.5 Å². The molecule has 0 spiro atoms. The van der Waals surface area contributed by atoms with Crippen LogP contribution in [0.4, 0.5) is 0 Å². The molecule has 0 atom stereocenters. The Kier molecular flexibility index (Phi) is 3.29. The zero-order valence-corrected chi connectivity index (χ0v) is 8.46. The summed E-state index contributed by atoms with van der Waals surface area (Å²) in [6.45, 7) is 6.19. The molecule has 1 aromatic heterocycles. The number of hydrogen-bond donors (Lipinski definition) is 0. The van der Waals surface area contributed by atoms with Crippen LogP contribution in [0.2, 0.25) is 0 Å². The molecule has 0 aromatic carbocycles. The third-order valence-electron chi connectivity index (χ3n) is 2.03. The highest BCUT2D eigenvalue weighted by atomic mass is 16.3. The molecule has 0 amide bonds. The van der Waals surface area contributed by atoms with Crippen LogP contribution >= 0.6 is 0 Å². The third kappa shape index (κ3) is 2.20. The lowest BCUT2D eigenvalue weighted by molar-refractivity contribution is 0.112. The van der Waals surface area contributed by atoms with E-state index in [1.807, 2.05) is 6.07 Å². The monoisotopic (exact) mass is 180 g/mol. The Bertz CT molecular complexity index is 284. The van der Waals surface area contributed by atoms with E-state index >= 15 is 0 Å². The van der Waals surface area contributed by atoms with Crippen LogP contribution in [0, 0.1) is 0 Å². The van der Waals surface area contributed by atoms with Gasteiger partial charge in [0.15, 0.2) is 6.29 Å². The molecule has 0 unspecified atom stereocenters. The minimum atomic E-state index is 0.351. The number of carbonyl (C=O) groups is 1. The lowest BCUT2D eigenvalue weighted by Gasteiger charge is -1.97. The molecule has 0 aliphatic rings. The van der Waals surface area contributed by atoms with Crippen LogP contribution in [0.1, 0.15) is 55.0 Å². The first-order valence-electron chi connectivity index (χ1n) is 4.76. The van der Waals surface area contributed by atoms with Crippen molar-refractivity contribution < 1.29 is 9.21 Å². The van der Waals surface area contributed by atoms with E-state index in [2.05, 4.69) is 20.8 Å². The SMILES string of the molecule is CCCc1oc(C(C)C)cc1C=O. The molecule has 0 radical (unpaired) electrons. The van der Waals surface area contributed by atoms with E-state index in [9.17, 15) is 4.79 Å². The van der Waals surface area contributed by atoms with Gasteiger partial charge in [0.05, 0.1) is 5.56 Å². The Morgan fingerprint density at radius 3 is 2.69 bits per heavy atom. The first kappa shape index (κ1) is 10.0. The summed E-state index contributed by atoms with van der Waals surface area (Å²) < 4.78 is 5.58. The number of rotatable bonds is 4. The van der Waals surface area contributed by atoms with Gasteiger partial charge in [-0.25, -0.2) is 0 Å². The predicted molar refractivity (Wildman–Crippen MR) is 52.2 cm³/mol. The van der Waals surface area contributed by atoms with Crippen LogP contribution < -0.4 is 0 Å². The van der Waals surface area contributed by atoms with Crippen LogP contribution in [-0.4, -0.2) is 6.29 Å². The van der Waals surface area contributed by atoms with Crippen molar-refractivity contribution in [2.75, 3.05) is 0 Å². The molecule has 0 bridgehead atoms. The molecule has 1 rings (SSSR count). The predicted octanol–water partition coefficient (Wildman–Crippen LogP) is 3.17. The minimum Gasteiger partial charge on any atom is -0.465 e. The molecule has 0 saturated heterocycles. The number of aryl methyl sites for hydroxylation is 1. The van der Waals surface area contributed by atoms with Crippen molar-refractivity contribution in [3.05, 3.63) is 23.2 Å². The van der Waals surface area contributed by atoms with Crippen molar-refractivity contribution >= 4 is 6.29 Å². The Balaban J connectivity index is 2.96. The summed E-state index contributed by atoms with van der Waals surface area (Å²) >= 11 is 0. The second-order valence-electron chi connectivity index (χ2n) is 3.55. The summed E-state index contributed by atoms with van der Waals surface area (Å²) in [6, 6.07) is 1.85. The maximum atomic E-state index is 10.7. The zero-order valence-electron chi connectivity index (χ0n) is 8.46. The molecule has 2 nitrogen and oxygen atoms in total. The Hall–Kier alpha value is -1.05. The maximum Gasteiger partial charge on any atom is 0.153 e. The largest absolute Gasteiger partial charge is 0.465 e. The van der Waals surface area contributed by atoms with Gasteiger partial charge in [-0.3, -0.25) is 4.79 Å². The summed E-state index contributed by atoms with van der Waals surface area (Å²) in [5.74, 6) is 2.09. The molecular weight excluding hydrogens is 164 g/mol. The lowest BCUT2D eigenvalue weighted by Crippen LogP contribution is -1.84. The van der Waals surface area contributed by atoms with Gasteiger partial charge in [0, 0.05) is 12.3 Å². The van der Waals surface area contributed by atoms with Gasteiger partial charge in [-0.2, -0.15) is 0 Å². The molecule has 0 fully saturated rings. The average Bonchev–Trinajstić information content (AvgIpc) is 2.48. The fourth-order valence-corrected chi connectivity index (χ4v) is 1.27. The van der Waals surface area contributed by atoms with E-state index in [4.69, 9.17) is 4.42 Å². The van der Waals surface area contributed by atoms with Crippen LogP contribution in [0.25, 0.3) is 0 Å². The average molecular weight is 180 g/mol. The fourth-order valence-electron chi connectivity index (χ4n) is 1.27. The second kappa shape index (κ2) is 4.26. The normalized spacial score (nSPS) is 10.8. The van der Waals surface area contributed by atoms with Crippen LogP contribution in [-0.2, 0) is 6.42 Å². The van der Waals surface area contributed by atoms with Gasteiger partial charge >= 0.3 is 0 Å². The van der Waals surface area contributed by atoms with E-state index in [1.165, 1.54) is 0 Å². The van der Waals surface area contributed by atoms with Crippen molar-refractivity contribution in [1.82, 2.24) is 0 Å². The van der Waals surface area contributed by atoms with Gasteiger partial charge in [-0.15, -0.1) is 0 Å². The highest BCUT2D eigenvalue weighted by molar-refractivity contribution is 5.76. The topological polar surface area (TPSA) is 30.2 Å². The molecule has 0 N–H and O–H groups in total. The molecule has 13 heavy (non-hydrogen) atoms.